The van der Waals surface area contributed by atoms with Crippen LogP contribution in [0.3, 0.4) is 0 Å². The third-order valence-electron chi connectivity index (χ3n) is 4.04. The van der Waals surface area contributed by atoms with Gasteiger partial charge in [-0.3, -0.25) is 4.68 Å². The predicted octanol–water partition coefficient (Wildman–Crippen LogP) is 2.01. The van der Waals surface area contributed by atoms with E-state index >= 15 is 0 Å². The lowest BCUT2D eigenvalue weighted by atomic mass is 10.0. The van der Waals surface area contributed by atoms with Crippen LogP contribution in [0.15, 0.2) is 12.4 Å². The topological polar surface area (TPSA) is 50.9 Å². The molecule has 2 rings (SSSR count). The van der Waals surface area contributed by atoms with E-state index in [9.17, 15) is 0 Å². The molecule has 22 heavy (non-hydrogen) atoms. The van der Waals surface area contributed by atoms with Gasteiger partial charge in [0.05, 0.1) is 11.7 Å². The Labute approximate surface area is 133 Å². The first-order valence-electron chi connectivity index (χ1n) is 7.73. The summed E-state index contributed by atoms with van der Waals surface area (Å²) < 4.78 is 4.03. The Morgan fingerprint density at radius 2 is 1.95 bits per heavy atom. The van der Waals surface area contributed by atoms with Crippen molar-refractivity contribution in [1.82, 2.24) is 24.6 Å². The molecule has 1 unspecified atom stereocenters. The van der Waals surface area contributed by atoms with Gasteiger partial charge >= 0.3 is 0 Å². The van der Waals surface area contributed by atoms with Crippen LogP contribution in [0.4, 0.5) is 5.82 Å². The second kappa shape index (κ2) is 6.52. The van der Waals surface area contributed by atoms with Crippen LogP contribution in [-0.2, 0) is 20.6 Å². The van der Waals surface area contributed by atoms with Gasteiger partial charge in [0, 0.05) is 52.7 Å². The highest BCUT2D eigenvalue weighted by molar-refractivity contribution is 5.48. The monoisotopic (exact) mass is 304 g/mol. The molecule has 0 aliphatic rings. The molecule has 2 aromatic rings. The van der Waals surface area contributed by atoms with Gasteiger partial charge in [0.1, 0.15) is 11.6 Å². The molecule has 1 N–H and O–H groups in total. The van der Waals surface area contributed by atoms with E-state index in [-0.39, 0.29) is 6.04 Å². The Hall–Kier alpha value is -1.82. The summed E-state index contributed by atoms with van der Waals surface area (Å²) in [6.07, 6.45) is 3.85. The maximum absolute atomic E-state index is 4.55. The number of imidazole rings is 1. The van der Waals surface area contributed by atoms with Gasteiger partial charge in [-0.15, -0.1) is 0 Å². The second-order valence-electron chi connectivity index (χ2n) is 6.40. The summed E-state index contributed by atoms with van der Waals surface area (Å²) in [5, 5.41) is 8.21. The van der Waals surface area contributed by atoms with Gasteiger partial charge in [-0.1, -0.05) is 13.8 Å². The Balaban J connectivity index is 2.23. The number of aromatic nitrogens is 4. The summed E-state index contributed by atoms with van der Waals surface area (Å²) in [6.45, 7) is 7.28. The molecule has 6 heteroatoms. The minimum atomic E-state index is 0.217. The zero-order chi connectivity index (χ0) is 16.4. The lowest BCUT2D eigenvalue weighted by molar-refractivity contribution is 0.384. The molecule has 6 nitrogen and oxygen atoms in total. The number of anilines is 1. The van der Waals surface area contributed by atoms with Crippen molar-refractivity contribution >= 4 is 5.82 Å². The standard InChI is InChI=1S/C16H28N6/c1-11(2)14(15-17-8-9-21(15)6)18-10-13-12(3)19-22(7)16(13)20(4)5/h8-9,11,14,18H,10H2,1-7H3. The molecular weight excluding hydrogens is 276 g/mol. The van der Waals surface area contributed by atoms with E-state index < -0.39 is 0 Å². The van der Waals surface area contributed by atoms with Crippen LogP contribution in [0.1, 0.15) is 37.0 Å². The number of aryl methyl sites for hydroxylation is 3. The maximum Gasteiger partial charge on any atom is 0.130 e. The Morgan fingerprint density at radius 1 is 1.27 bits per heavy atom. The van der Waals surface area contributed by atoms with Crippen molar-refractivity contribution in [3.8, 4) is 0 Å². The summed E-state index contributed by atoms with van der Waals surface area (Å²) in [4.78, 5) is 6.62. The van der Waals surface area contributed by atoms with Crippen molar-refractivity contribution in [3.63, 3.8) is 0 Å². The first kappa shape index (κ1) is 16.5. The normalized spacial score (nSPS) is 12.9. The number of nitrogens with one attached hydrogen (secondary N) is 1. The van der Waals surface area contributed by atoms with Crippen molar-refractivity contribution in [2.75, 3.05) is 19.0 Å². The predicted molar refractivity (Wildman–Crippen MR) is 89.9 cm³/mol. The number of hydrogen-bond acceptors (Lipinski definition) is 4. The van der Waals surface area contributed by atoms with E-state index in [1.807, 2.05) is 31.2 Å². The largest absolute Gasteiger partial charge is 0.363 e. The van der Waals surface area contributed by atoms with Crippen molar-refractivity contribution in [2.45, 2.75) is 33.4 Å². The lowest BCUT2D eigenvalue weighted by Crippen LogP contribution is -2.28. The van der Waals surface area contributed by atoms with Crippen LogP contribution in [0.25, 0.3) is 0 Å². The maximum atomic E-state index is 4.55. The molecule has 0 radical (unpaired) electrons. The minimum absolute atomic E-state index is 0.217. The van der Waals surface area contributed by atoms with Crippen LogP contribution >= 0.6 is 0 Å². The first-order chi connectivity index (χ1) is 10.3. The fourth-order valence-electron chi connectivity index (χ4n) is 2.97. The van der Waals surface area contributed by atoms with E-state index in [0.717, 1.165) is 23.9 Å². The van der Waals surface area contributed by atoms with Crippen LogP contribution in [0, 0.1) is 12.8 Å². The minimum Gasteiger partial charge on any atom is -0.363 e. The SMILES string of the molecule is Cc1nn(C)c(N(C)C)c1CNC(c1nccn1C)C(C)C. The fraction of sp³-hybridized carbons (Fsp3) is 0.625. The summed E-state index contributed by atoms with van der Waals surface area (Å²) in [5.74, 6) is 2.68. The molecule has 0 aliphatic heterocycles. The molecule has 0 aliphatic carbocycles. The third kappa shape index (κ3) is 3.16. The van der Waals surface area contributed by atoms with Gasteiger partial charge in [-0.25, -0.2) is 4.98 Å². The molecule has 0 fully saturated rings. The summed E-state index contributed by atoms with van der Waals surface area (Å²) in [7, 11) is 8.14. The van der Waals surface area contributed by atoms with Gasteiger partial charge < -0.3 is 14.8 Å². The summed E-state index contributed by atoms with van der Waals surface area (Å²) in [5.41, 5.74) is 2.31. The number of hydrogen-bond donors (Lipinski definition) is 1. The van der Waals surface area contributed by atoms with E-state index in [4.69, 9.17) is 0 Å². The van der Waals surface area contributed by atoms with Gasteiger partial charge in [-0.05, 0) is 12.8 Å². The van der Waals surface area contributed by atoms with Gasteiger partial charge in [0.15, 0.2) is 0 Å². The molecule has 0 amide bonds. The van der Waals surface area contributed by atoms with E-state index in [0.29, 0.717) is 5.92 Å². The molecule has 122 valence electrons. The van der Waals surface area contributed by atoms with E-state index in [1.54, 1.807) is 0 Å². The molecule has 0 spiro atoms. The lowest BCUT2D eigenvalue weighted by Gasteiger charge is -2.23. The summed E-state index contributed by atoms with van der Waals surface area (Å²) >= 11 is 0. The number of nitrogens with zero attached hydrogens (tertiary/aromatic N) is 5. The van der Waals surface area contributed by atoms with Crippen molar-refractivity contribution < 1.29 is 0 Å². The van der Waals surface area contributed by atoms with Crippen molar-refractivity contribution in [2.24, 2.45) is 20.0 Å². The Kier molecular flexibility index (Phi) is 4.90. The van der Waals surface area contributed by atoms with Gasteiger partial charge in [0.2, 0.25) is 0 Å². The van der Waals surface area contributed by atoms with Gasteiger partial charge in [0.25, 0.3) is 0 Å². The number of rotatable bonds is 6. The summed E-state index contributed by atoms with van der Waals surface area (Å²) in [6, 6.07) is 0.217. The van der Waals surface area contributed by atoms with Crippen molar-refractivity contribution in [1.29, 1.82) is 0 Å². The van der Waals surface area contributed by atoms with Crippen LogP contribution in [0.2, 0.25) is 0 Å². The average Bonchev–Trinajstić information content (AvgIpc) is 2.94. The van der Waals surface area contributed by atoms with E-state index in [2.05, 4.69) is 59.7 Å². The average molecular weight is 304 g/mol. The molecule has 2 heterocycles. The quantitative estimate of drug-likeness (QED) is 0.887. The van der Waals surface area contributed by atoms with Crippen LogP contribution < -0.4 is 10.2 Å². The third-order valence-corrected chi connectivity index (χ3v) is 4.04. The zero-order valence-corrected chi connectivity index (χ0v) is 14.8. The van der Waals surface area contributed by atoms with Crippen LogP contribution in [0.5, 0.6) is 0 Å². The Bertz CT molecular complexity index is 623. The van der Waals surface area contributed by atoms with E-state index in [1.165, 1.54) is 5.56 Å². The fourth-order valence-corrected chi connectivity index (χ4v) is 2.97. The van der Waals surface area contributed by atoms with Gasteiger partial charge in [-0.2, -0.15) is 5.10 Å². The molecule has 0 bridgehead atoms. The highest BCUT2D eigenvalue weighted by atomic mass is 15.4. The molecule has 2 aromatic heterocycles. The molecule has 1 atom stereocenters. The Morgan fingerprint density at radius 3 is 2.45 bits per heavy atom. The molecular formula is C16H28N6. The molecule has 0 aromatic carbocycles. The van der Waals surface area contributed by atoms with Crippen molar-refractivity contribution in [3.05, 3.63) is 29.5 Å². The smallest absolute Gasteiger partial charge is 0.130 e. The highest BCUT2D eigenvalue weighted by Gasteiger charge is 2.22. The van der Waals surface area contributed by atoms with Crippen LogP contribution in [-0.4, -0.2) is 33.4 Å². The molecule has 0 saturated heterocycles. The first-order valence-corrected chi connectivity index (χ1v) is 7.73. The zero-order valence-electron chi connectivity index (χ0n) is 14.8. The highest BCUT2D eigenvalue weighted by Crippen LogP contribution is 2.24. The second-order valence-corrected chi connectivity index (χ2v) is 6.40. The molecule has 0 saturated carbocycles.